The van der Waals surface area contributed by atoms with Crippen LogP contribution in [-0.2, 0) is 19.6 Å². The van der Waals surface area contributed by atoms with Crippen LogP contribution in [0.1, 0.15) is 58.2 Å². The minimum Gasteiger partial charge on any atom is -0.326 e. The number of carbonyl (C=O) groups is 1. The molecule has 0 spiro atoms. The molecule has 2 aliphatic heterocycles. The zero-order valence-corrected chi connectivity index (χ0v) is 21.1. The van der Waals surface area contributed by atoms with Crippen molar-refractivity contribution >= 4 is 5.78 Å². The Morgan fingerprint density at radius 1 is 0.973 bits per heavy atom. The van der Waals surface area contributed by atoms with E-state index in [1.165, 1.54) is 42.6 Å². The van der Waals surface area contributed by atoms with E-state index in [9.17, 15) is 4.79 Å². The number of likely N-dealkylation sites (tertiary alicyclic amines) is 1. The Hall–Kier alpha value is -3.58. The predicted octanol–water partition coefficient (Wildman–Crippen LogP) is 5.01. The van der Waals surface area contributed by atoms with Gasteiger partial charge in [0.1, 0.15) is 12.0 Å². The summed E-state index contributed by atoms with van der Waals surface area (Å²) in [5, 5.41) is 3.57. The number of hydrogen-bond donors (Lipinski definition) is 2. The maximum Gasteiger partial charge on any atom is 0.183 e. The highest BCUT2D eigenvalue weighted by atomic mass is 16.1. The Labute approximate surface area is 218 Å². The smallest absolute Gasteiger partial charge is 0.183 e. The van der Waals surface area contributed by atoms with E-state index >= 15 is 0 Å². The Morgan fingerprint density at radius 3 is 2.59 bits per heavy atom. The van der Waals surface area contributed by atoms with E-state index in [4.69, 9.17) is 5.73 Å². The van der Waals surface area contributed by atoms with Gasteiger partial charge in [0, 0.05) is 37.8 Å². The molecular weight excluding hydrogens is 458 g/mol. The number of Topliss-reactive ketones (excluding diaryl/α,β-unsaturated/α-hetero) is 1. The van der Waals surface area contributed by atoms with Crippen LogP contribution in [0.4, 0.5) is 0 Å². The summed E-state index contributed by atoms with van der Waals surface area (Å²) in [6, 6.07) is 25.3. The molecule has 6 nitrogen and oxygen atoms in total. The molecule has 1 atom stereocenters. The molecule has 3 N–H and O–H groups in total. The van der Waals surface area contributed by atoms with Gasteiger partial charge in [-0.15, -0.1) is 0 Å². The highest BCUT2D eigenvalue weighted by molar-refractivity contribution is 5.97. The number of aromatic nitrogens is 2. The molecule has 6 rings (SSSR count). The fourth-order valence-corrected chi connectivity index (χ4v) is 5.67. The first-order valence-electron chi connectivity index (χ1n) is 13.2. The summed E-state index contributed by atoms with van der Waals surface area (Å²) in [5.41, 5.74) is 14.2. The van der Waals surface area contributed by atoms with Crippen molar-refractivity contribution in [1.29, 1.82) is 0 Å². The van der Waals surface area contributed by atoms with Crippen molar-refractivity contribution in [2.75, 3.05) is 13.1 Å². The molecule has 6 heteroatoms. The summed E-state index contributed by atoms with van der Waals surface area (Å²) in [6.45, 7) is 4.38. The van der Waals surface area contributed by atoms with Crippen molar-refractivity contribution in [1.82, 2.24) is 19.8 Å². The number of nitrogens with one attached hydrogen (secondary N) is 1. The highest BCUT2D eigenvalue weighted by Gasteiger charge is 2.28. The largest absolute Gasteiger partial charge is 0.326 e. The third kappa shape index (κ3) is 4.88. The van der Waals surface area contributed by atoms with Gasteiger partial charge in [0.15, 0.2) is 5.78 Å². The average molecular weight is 492 g/mol. The van der Waals surface area contributed by atoms with Gasteiger partial charge in [-0.25, -0.2) is 4.98 Å². The van der Waals surface area contributed by atoms with Gasteiger partial charge in [-0.05, 0) is 65.9 Å². The summed E-state index contributed by atoms with van der Waals surface area (Å²) >= 11 is 0. The number of nitrogens with zero attached hydrogens (tertiary/aromatic N) is 3. The SMILES string of the molecule is NCc1cccc(-n2cnc3c2C(=O)CC(c2ccc(-c4ccccc4CN4CCCC4)cc2)NC3)c1. The number of hydrogen-bond acceptors (Lipinski definition) is 5. The van der Waals surface area contributed by atoms with Crippen molar-refractivity contribution in [2.24, 2.45) is 5.73 Å². The molecule has 37 heavy (non-hydrogen) atoms. The highest BCUT2D eigenvalue weighted by Crippen LogP contribution is 2.30. The summed E-state index contributed by atoms with van der Waals surface area (Å²) in [6.07, 6.45) is 4.73. The van der Waals surface area contributed by atoms with E-state index in [0.29, 0.717) is 25.2 Å². The number of imidazole rings is 1. The van der Waals surface area contributed by atoms with Crippen LogP contribution in [0.2, 0.25) is 0 Å². The van der Waals surface area contributed by atoms with Gasteiger partial charge in [-0.1, -0.05) is 60.7 Å². The number of nitrogens with two attached hydrogens (primary N) is 1. The molecule has 3 heterocycles. The van der Waals surface area contributed by atoms with Crippen LogP contribution in [0.5, 0.6) is 0 Å². The molecular formula is C31H33N5O. The number of benzene rings is 3. The van der Waals surface area contributed by atoms with Crippen molar-refractivity contribution in [3.8, 4) is 16.8 Å². The molecule has 1 aromatic heterocycles. The lowest BCUT2D eigenvalue weighted by atomic mass is 9.95. The van der Waals surface area contributed by atoms with Crippen LogP contribution in [-0.4, -0.2) is 33.3 Å². The maximum absolute atomic E-state index is 13.5. The van der Waals surface area contributed by atoms with Crippen molar-refractivity contribution in [2.45, 2.75) is 44.9 Å². The molecule has 1 unspecified atom stereocenters. The molecule has 1 saturated heterocycles. The van der Waals surface area contributed by atoms with E-state index in [-0.39, 0.29) is 11.8 Å². The number of fused-ring (bicyclic) bond motifs is 1. The van der Waals surface area contributed by atoms with Crippen LogP contribution >= 0.6 is 0 Å². The molecule has 4 aromatic rings. The van der Waals surface area contributed by atoms with Crippen molar-refractivity contribution < 1.29 is 4.79 Å². The monoisotopic (exact) mass is 491 g/mol. The number of carbonyl (C=O) groups excluding carboxylic acids is 1. The Bertz CT molecular complexity index is 1400. The van der Waals surface area contributed by atoms with Gasteiger partial charge < -0.3 is 11.1 Å². The van der Waals surface area contributed by atoms with E-state index in [2.05, 4.69) is 63.7 Å². The minimum atomic E-state index is -0.0561. The summed E-state index contributed by atoms with van der Waals surface area (Å²) in [5.74, 6) is 0.0979. The van der Waals surface area contributed by atoms with Crippen LogP contribution in [0, 0.1) is 0 Å². The molecule has 0 aliphatic carbocycles. The van der Waals surface area contributed by atoms with Crippen LogP contribution < -0.4 is 11.1 Å². The van der Waals surface area contributed by atoms with E-state index in [1.807, 2.05) is 28.8 Å². The lowest BCUT2D eigenvalue weighted by Crippen LogP contribution is -2.20. The lowest BCUT2D eigenvalue weighted by Gasteiger charge is -2.19. The first-order chi connectivity index (χ1) is 18.2. The molecule has 0 amide bonds. The molecule has 0 radical (unpaired) electrons. The normalized spacial score (nSPS) is 18.1. The first-order valence-corrected chi connectivity index (χ1v) is 13.2. The summed E-state index contributed by atoms with van der Waals surface area (Å²) in [4.78, 5) is 20.6. The quantitative estimate of drug-likeness (QED) is 0.397. The second-order valence-electron chi connectivity index (χ2n) is 10.1. The summed E-state index contributed by atoms with van der Waals surface area (Å²) in [7, 11) is 0. The maximum atomic E-state index is 13.5. The third-order valence-corrected chi connectivity index (χ3v) is 7.67. The standard InChI is InChI=1S/C31H33N5O/c32-18-22-6-5-8-26(16-22)36-21-34-29-19-33-28(17-30(37)31(29)36)24-12-10-23(11-13-24)27-9-2-1-7-25(27)20-35-14-3-4-15-35/h1-2,5-13,16,21,28,33H,3-4,14-15,17-20,32H2. The molecule has 0 bridgehead atoms. The van der Waals surface area contributed by atoms with Crippen LogP contribution in [0.25, 0.3) is 16.8 Å². The van der Waals surface area contributed by atoms with Crippen molar-refractivity contribution in [3.63, 3.8) is 0 Å². The lowest BCUT2D eigenvalue weighted by molar-refractivity contribution is 0.0966. The molecule has 1 fully saturated rings. The van der Waals surface area contributed by atoms with Gasteiger partial charge in [0.25, 0.3) is 0 Å². The number of ketones is 1. The Kier molecular flexibility index (Phi) is 6.70. The van der Waals surface area contributed by atoms with Crippen molar-refractivity contribution in [3.05, 3.63) is 107 Å². The topological polar surface area (TPSA) is 76.2 Å². The fourth-order valence-electron chi connectivity index (χ4n) is 5.67. The second-order valence-corrected chi connectivity index (χ2v) is 10.1. The number of rotatable bonds is 6. The third-order valence-electron chi connectivity index (χ3n) is 7.67. The fraction of sp³-hybridized carbons (Fsp3) is 0.290. The molecule has 188 valence electrons. The Balaban J connectivity index is 1.22. The zero-order valence-electron chi connectivity index (χ0n) is 21.1. The van der Waals surface area contributed by atoms with Crippen LogP contribution in [0.15, 0.2) is 79.1 Å². The molecule has 0 saturated carbocycles. The Morgan fingerprint density at radius 2 is 1.78 bits per heavy atom. The second kappa shape index (κ2) is 10.4. The first kappa shape index (κ1) is 23.8. The van der Waals surface area contributed by atoms with Gasteiger partial charge in [-0.2, -0.15) is 0 Å². The minimum absolute atomic E-state index is 0.0561. The van der Waals surface area contributed by atoms with Gasteiger partial charge >= 0.3 is 0 Å². The van der Waals surface area contributed by atoms with E-state index < -0.39 is 0 Å². The van der Waals surface area contributed by atoms with Gasteiger partial charge in [0.2, 0.25) is 0 Å². The summed E-state index contributed by atoms with van der Waals surface area (Å²) < 4.78 is 1.90. The van der Waals surface area contributed by atoms with Gasteiger partial charge in [-0.3, -0.25) is 14.3 Å². The molecule has 2 aliphatic rings. The van der Waals surface area contributed by atoms with E-state index in [0.717, 1.165) is 29.1 Å². The molecule has 3 aromatic carbocycles. The van der Waals surface area contributed by atoms with Crippen LogP contribution in [0.3, 0.4) is 0 Å². The predicted molar refractivity (Wildman–Crippen MR) is 146 cm³/mol. The zero-order chi connectivity index (χ0) is 25.2. The van der Waals surface area contributed by atoms with E-state index in [1.54, 1.807) is 6.33 Å². The van der Waals surface area contributed by atoms with Gasteiger partial charge in [0.05, 0.1) is 5.69 Å². The average Bonchev–Trinajstić information content (AvgIpc) is 3.58.